The molecule has 3 rings (SSSR count). The van der Waals surface area contributed by atoms with E-state index in [1.807, 2.05) is 6.07 Å². The zero-order valence-corrected chi connectivity index (χ0v) is 10.5. The molecular weight excluding hydrogens is 244 g/mol. The molecule has 0 saturated heterocycles. The fourth-order valence-corrected chi connectivity index (χ4v) is 2.05. The molecule has 0 bridgehead atoms. The number of aromatic nitrogens is 2. The molecular formula is C13H14N4O2. The van der Waals surface area contributed by atoms with Gasteiger partial charge in [0, 0.05) is 18.7 Å². The Morgan fingerprint density at radius 1 is 1.26 bits per heavy atom. The van der Waals surface area contributed by atoms with E-state index in [0.29, 0.717) is 30.6 Å². The smallest absolute Gasteiger partial charge is 0.318 e. The molecule has 0 saturated carbocycles. The van der Waals surface area contributed by atoms with Crippen LogP contribution < -0.4 is 15.4 Å². The second-order valence-electron chi connectivity index (χ2n) is 4.23. The first-order chi connectivity index (χ1) is 9.28. The molecule has 1 aliphatic rings. The maximum absolute atomic E-state index is 9.79. The first-order valence-corrected chi connectivity index (χ1v) is 5.97. The van der Waals surface area contributed by atoms with Gasteiger partial charge in [-0.05, 0) is 12.1 Å². The summed E-state index contributed by atoms with van der Waals surface area (Å²) in [6, 6.07) is 7.35. The van der Waals surface area contributed by atoms with Crippen molar-refractivity contribution in [3.05, 3.63) is 35.5 Å². The topological polar surface area (TPSA) is 79.3 Å². The van der Waals surface area contributed by atoms with Crippen molar-refractivity contribution in [3.8, 4) is 11.8 Å². The lowest BCUT2D eigenvalue weighted by atomic mass is 10.2. The van der Waals surface area contributed by atoms with Gasteiger partial charge in [0.2, 0.25) is 0 Å². The van der Waals surface area contributed by atoms with Crippen molar-refractivity contribution in [2.24, 2.45) is 0 Å². The number of hydrogen-bond acceptors (Lipinski definition) is 6. The maximum Gasteiger partial charge on any atom is 0.318 e. The Kier molecular flexibility index (Phi) is 2.92. The molecule has 6 nitrogen and oxygen atoms in total. The zero-order valence-electron chi connectivity index (χ0n) is 10.5. The van der Waals surface area contributed by atoms with Crippen LogP contribution in [-0.4, -0.2) is 22.2 Å². The maximum atomic E-state index is 9.79. The highest BCUT2D eigenvalue weighted by molar-refractivity contribution is 5.66. The summed E-state index contributed by atoms with van der Waals surface area (Å²) >= 11 is 0. The van der Waals surface area contributed by atoms with Gasteiger partial charge in [-0.25, -0.2) is 0 Å². The van der Waals surface area contributed by atoms with Gasteiger partial charge in [-0.3, -0.25) is 0 Å². The predicted molar refractivity (Wildman–Crippen MR) is 70.5 cm³/mol. The molecule has 0 radical (unpaired) electrons. The number of hydrogen-bond donors (Lipinski definition) is 3. The van der Waals surface area contributed by atoms with Crippen molar-refractivity contribution in [2.45, 2.75) is 13.1 Å². The highest BCUT2D eigenvalue weighted by atomic mass is 16.5. The van der Waals surface area contributed by atoms with Crippen LogP contribution in [0.1, 0.15) is 11.3 Å². The van der Waals surface area contributed by atoms with Gasteiger partial charge in [0.15, 0.2) is 0 Å². The quantitative estimate of drug-likeness (QED) is 0.725. The van der Waals surface area contributed by atoms with Crippen molar-refractivity contribution < 1.29 is 9.84 Å². The van der Waals surface area contributed by atoms with Crippen LogP contribution in [0.4, 0.5) is 11.5 Å². The molecule has 6 heteroatoms. The fraction of sp³-hybridized carbons (Fsp3) is 0.231. The Morgan fingerprint density at radius 3 is 2.89 bits per heavy atom. The molecule has 98 valence electrons. The monoisotopic (exact) mass is 258 g/mol. The number of phenols is 1. The van der Waals surface area contributed by atoms with Gasteiger partial charge in [-0.15, -0.1) is 0 Å². The molecule has 0 amide bonds. The second kappa shape index (κ2) is 4.74. The number of methoxy groups -OCH3 is 1. The minimum atomic E-state index is 0.180. The number of fused-ring (bicyclic) bond motifs is 1. The van der Waals surface area contributed by atoms with Crippen LogP contribution in [-0.2, 0) is 13.1 Å². The first-order valence-electron chi connectivity index (χ1n) is 5.97. The van der Waals surface area contributed by atoms with Crippen LogP contribution >= 0.6 is 0 Å². The van der Waals surface area contributed by atoms with Crippen molar-refractivity contribution >= 4 is 11.5 Å². The first kappa shape index (κ1) is 11.7. The van der Waals surface area contributed by atoms with Crippen LogP contribution in [0.2, 0.25) is 0 Å². The van der Waals surface area contributed by atoms with Crippen LogP contribution in [0.15, 0.2) is 24.3 Å². The summed E-state index contributed by atoms with van der Waals surface area (Å²) in [4.78, 5) is 8.60. The van der Waals surface area contributed by atoms with Crippen molar-refractivity contribution in [3.63, 3.8) is 0 Å². The lowest BCUT2D eigenvalue weighted by molar-refractivity contribution is 0.379. The number of phenolic OH excluding ortho intramolecular Hbond substituents is 1. The minimum Gasteiger partial charge on any atom is -0.506 e. The Bertz CT molecular complexity index is 616. The Balaban J connectivity index is 2.01. The molecule has 19 heavy (non-hydrogen) atoms. The van der Waals surface area contributed by atoms with Gasteiger partial charge in [-0.1, -0.05) is 12.1 Å². The average molecular weight is 258 g/mol. The molecule has 0 unspecified atom stereocenters. The van der Waals surface area contributed by atoms with E-state index in [1.165, 1.54) is 7.11 Å². The number of nitrogens with zero attached hydrogens (tertiary/aromatic N) is 2. The number of benzene rings is 1. The third-order valence-electron chi connectivity index (χ3n) is 3.01. The molecule has 3 N–H and O–H groups in total. The zero-order chi connectivity index (χ0) is 13.2. The number of rotatable bonds is 3. The fourth-order valence-electron chi connectivity index (χ4n) is 2.05. The summed E-state index contributed by atoms with van der Waals surface area (Å²) in [5.41, 5.74) is 2.53. The SMILES string of the molecule is COc1nc2c(c(Nc3ccccc3O)n1)CNC2. The number of anilines is 2. The molecule has 1 aromatic carbocycles. The number of para-hydroxylation sites is 2. The van der Waals surface area contributed by atoms with Crippen molar-refractivity contribution in [2.75, 3.05) is 12.4 Å². The van der Waals surface area contributed by atoms with Crippen LogP contribution in [0.25, 0.3) is 0 Å². The Morgan fingerprint density at radius 2 is 2.11 bits per heavy atom. The van der Waals surface area contributed by atoms with Gasteiger partial charge >= 0.3 is 6.01 Å². The lowest BCUT2D eigenvalue weighted by Gasteiger charge is -2.11. The molecule has 1 aliphatic heterocycles. The summed E-state index contributed by atoms with van der Waals surface area (Å²) in [5.74, 6) is 0.841. The molecule has 0 spiro atoms. The van der Waals surface area contributed by atoms with E-state index in [9.17, 15) is 5.11 Å². The molecule has 0 aliphatic carbocycles. The second-order valence-corrected chi connectivity index (χ2v) is 4.23. The number of ether oxygens (including phenoxy) is 1. The van der Waals surface area contributed by atoms with E-state index in [0.717, 1.165) is 11.3 Å². The van der Waals surface area contributed by atoms with E-state index in [4.69, 9.17) is 4.74 Å². The Hall–Kier alpha value is -2.34. The Labute approximate surface area is 110 Å². The molecule has 2 aromatic rings. The van der Waals surface area contributed by atoms with Crippen molar-refractivity contribution in [1.82, 2.24) is 15.3 Å². The van der Waals surface area contributed by atoms with E-state index in [-0.39, 0.29) is 5.75 Å². The summed E-state index contributed by atoms with van der Waals surface area (Å²) in [5, 5.41) is 16.1. The van der Waals surface area contributed by atoms with E-state index in [1.54, 1.807) is 18.2 Å². The number of aromatic hydroxyl groups is 1. The van der Waals surface area contributed by atoms with Crippen LogP contribution in [0.5, 0.6) is 11.8 Å². The van der Waals surface area contributed by atoms with Gasteiger partial charge in [0.05, 0.1) is 18.5 Å². The highest BCUT2D eigenvalue weighted by Gasteiger charge is 2.19. The largest absolute Gasteiger partial charge is 0.506 e. The normalized spacial score (nSPS) is 13.1. The highest BCUT2D eigenvalue weighted by Crippen LogP contribution is 2.30. The van der Waals surface area contributed by atoms with Crippen LogP contribution in [0, 0.1) is 0 Å². The van der Waals surface area contributed by atoms with E-state index < -0.39 is 0 Å². The van der Waals surface area contributed by atoms with Crippen LogP contribution in [0.3, 0.4) is 0 Å². The van der Waals surface area contributed by atoms with Gasteiger partial charge < -0.3 is 20.5 Å². The average Bonchev–Trinajstić information content (AvgIpc) is 2.89. The third-order valence-corrected chi connectivity index (χ3v) is 3.01. The molecule has 0 atom stereocenters. The van der Waals surface area contributed by atoms with Gasteiger partial charge in [0.1, 0.15) is 11.6 Å². The van der Waals surface area contributed by atoms with E-state index >= 15 is 0 Å². The predicted octanol–water partition coefficient (Wildman–Crippen LogP) is 1.54. The van der Waals surface area contributed by atoms with Gasteiger partial charge in [0.25, 0.3) is 0 Å². The summed E-state index contributed by atoms with van der Waals surface area (Å²) in [7, 11) is 1.54. The lowest BCUT2D eigenvalue weighted by Crippen LogP contribution is -2.04. The van der Waals surface area contributed by atoms with E-state index in [2.05, 4.69) is 20.6 Å². The summed E-state index contributed by atoms with van der Waals surface area (Å²) in [6.07, 6.45) is 0. The minimum absolute atomic E-state index is 0.180. The third kappa shape index (κ3) is 2.17. The van der Waals surface area contributed by atoms with Gasteiger partial charge in [-0.2, -0.15) is 9.97 Å². The van der Waals surface area contributed by atoms with Crippen molar-refractivity contribution in [1.29, 1.82) is 0 Å². The molecule has 0 fully saturated rings. The summed E-state index contributed by atoms with van der Waals surface area (Å²) < 4.78 is 5.10. The summed E-state index contributed by atoms with van der Waals surface area (Å²) in [6.45, 7) is 1.40. The molecule has 2 heterocycles. The molecule has 1 aromatic heterocycles. The number of nitrogens with one attached hydrogen (secondary N) is 2. The standard InChI is InChI=1S/C13H14N4O2/c1-19-13-16-10-7-14-6-8(10)12(17-13)15-9-4-2-3-5-11(9)18/h2-5,14,18H,6-7H2,1H3,(H,15,16,17).